The molecule has 3 N–H and O–H groups in total. The number of nitrogens with one attached hydrogen (secondary N) is 2. The summed E-state index contributed by atoms with van der Waals surface area (Å²) in [5.41, 5.74) is 0.759. The monoisotopic (exact) mass is 422 g/mol. The van der Waals surface area contributed by atoms with Crippen LogP contribution in [-0.2, 0) is 14.4 Å². The lowest BCUT2D eigenvalue weighted by atomic mass is 10.2. The lowest BCUT2D eigenvalue weighted by Crippen LogP contribution is -2.36. The second-order valence-electron chi connectivity index (χ2n) is 4.04. The Kier molecular flexibility index (Phi) is 8.13. The van der Waals surface area contributed by atoms with Crippen LogP contribution in [0.3, 0.4) is 0 Å². The number of thioether (sulfide) groups is 1. The lowest BCUT2D eigenvalue weighted by molar-refractivity contribution is -0.140. The van der Waals surface area contributed by atoms with E-state index >= 15 is 0 Å². The summed E-state index contributed by atoms with van der Waals surface area (Å²) >= 11 is 3.46. The topological polar surface area (TPSA) is 95.5 Å². The summed E-state index contributed by atoms with van der Waals surface area (Å²) in [4.78, 5) is 32.8. The van der Waals surface area contributed by atoms with Crippen LogP contribution >= 0.6 is 34.4 Å². The third-order valence-electron chi connectivity index (χ3n) is 2.50. The summed E-state index contributed by atoms with van der Waals surface area (Å²) in [6, 6.07) is 6.53. The zero-order valence-corrected chi connectivity index (χ0v) is 14.0. The van der Waals surface area contributed by atoms with Crippen LogP contribution in [0.25, 0.3) is 0 Å². The number of anilines is 1. The molecule has 1 aromatic carbocycles. The summed E-state index contributed by atoms with van der Waals surface area (Å²) in [5, 5.41) is 13.8. The van der Waals surface area contributed by atoms with Gasteiger partial charge in [0.25, 0.3) is 0 Å². The van der Waals surface area contributed by atoms with Gasteiger partial charge in [0, 0.05) is 3.57 Å². The zero-order valence-electron chi connectivity index (χ0n) is 11.0. The smallest absolute Gasteiger partial charge is 0.326 e. The molecule has 114 valence electrons. The molecule has 1 atom stereocenters. The molecular weight excluding hydrogens is 407 g/mol. The normalized spacial score (nSPS) is 11.5. The van der Waals surface area contributed by atoms with Gasteiger partial charge in [-0.15, -0.1) is 0 Å². The van der Waals surface area contributed by atoms with Crippen LogP contribution in [0.5, 0.6) is 0 Å². The molecule has 0 fully saturated rings. The number of halogens is 1. The van der Waals surface area contributed by atoms with Crippen LogP contribution in [0.15, 0.2) is 24.3 Å². The Morgan fingerprint density at radius 1 is 1.38 bits per heavy atom. The van der Waals surface area contributed by atoms with Crippen LogP contribution in [0.1, 0.15) is 6.42 Å². The molecule has 0 aliphatic rings. The van der Waals surface area contributed by atoms with Gasteiger partial charge in [-0.1, -0.05) is 12.1 Å². The van der Waals surface area contributed by atoms with E-state index in [1.165, 1.54) is 11.8 Å². The van der Waals surface area contributed by atoms with E-state index in [0.717, 1.165) is 9.26 Å². The number of hydrogen-bond acceptors (Lipinski definition) is 4. The maximum absolute atomic E-state index is 11.7. The Bertz CT molecular complexity index is 513. The van der Waals surface area contributed by atoms with E-state index in [1.807, 2.05) is 24.3 Å². The molecule has 0 aliphatic carbocycles. The van der Waals surface area contributed by atoms with Crippen molar-refractivity contribution in [3.05, 3.63) is 27.8 Å². The van der Waals surface area contributed by atoms with Gasteiger partial charge in [-0.25, -0.2) is 4.79 Å². The molecular formula is C13H15IN2O4S. The van der Waals surface area contributed by atoms with Crippen LogP contribution in [0, 0.1) is 3.57 Å². The first-order valence-electron chi connectivity index (χ1n) is 6.09. The Morgan fingerprint density at radius 3 is 2.71 bits per heavy atom. The van der Waals surface area contributed by atoms with Gasteiger partial charge in [-0.3, -0.25) is 9.59 Å². The van der Waals surface area contributed by atoms with E-state index in [2.05, 4.69) is 33.2 Å². The van der Waals surface area contributed by atoms with Gasteiger partial charge < -0.3 is 15.7 Å². The number of carbonyl (C=O) groups excluding carboxylic acids is 2. The van der Waals surface area contributed by atoms with Gasteiger partial charge in [0.1, 0.15) is 6.04 Å². The number of para-hydroxylation sites is 1. The van der Waals surface area contributed by atoms with E-state index in [0.29, 0.717) is 12.2 Å². The Morgan fingerprint density at radius 2 is 2.10 bits per heavy atom. The minimum atomic E-state index is -1.08. The van der Waals surface area contributed by atoms with Crippen LogP contribution < -0.4 is 10.6 Å². The van der Waals surface area contributed by atoms with E-state index < -0.39 is 12.0 Å². The predicted octanol–water partition coefficient (Wildman–Crippen LogP) is 1.55. The van der Waals surface area contributed by atoms with E-state index in [9.17, 15) is 14.4 Å². The van der Waals surface area contributed by atoms with Crippen molar-refractivity contribution in [2.45, 2.75) is 12.5 Å². The van der Waals surface area contributed by atoms with Crippen molar-refractivity contribution in [2.75, 3.05) is 16.8 Å². The molecule has 6 nitrogen and oxygen atoms in total. The maximum atomic E-state index is 11.7. The summed E-state index contributed by atoms with van der Waals surface area (Å²) in [7, 11) is 0. The average molecular weight is 422 g/mol. The maximum Gasteiger partial charge on any atom is 0.326 e. The quantitative estimate of drug-likeness (QED) is 0.319. The standard InChI is InChI=1S/C13H15IN2O4S/c14-9-3-1-2-4-10(9)16-12(18)7-21-6-5-11(13(19)20)15-8-17/h1-4,8,11H,5-7H2,(H,15,17)(H,16,18)(H,19,20). The fourth-order valence-electron chi connectivity index (χ4n) is 1.48. The average Bonchev–Trinajstić information content (AvgIpc) is 2.44. The van der Waals surface area contributed by atoms with Crippen LogP contribution in [0.4, 0.5) is 5.69 Å². The zero-order chi connectivity index (χ0) is 15.7. The second kappa shape index (κ2) is 9.61. The summed E-state index contributed by atoms with van der Waals surface area (Å²) in [6.07, 6.45) is 0.641. The largest absolute Gasteiger partial charge is 0.480 e. The Labute approximate surface area is 140 Å². The van der Waals surface area contributed by atoms with Crippen molar-refractivity contribution >= 4 is 58.3 Å². The first kappa shape index (κ1) is 17.8. The summed E-state index contributed by atoms with van der Waals surface area (Å²) in [5.74, 6) is -0.513. The van der Waals surface area contributed by atoms with Crippen molar-refractivity contribution < 1.29 is 19.5 Å². The number of carboxylic acid groups (broad SMARTS) is 1. The number of aliphatic carboxylic acids is 1. The minimum Gasteiger partial charge on any atom is -0.480 e. The Hall–Kier alpha value is -1.29. The summed E-state index contributed by atoms with van der Waals surface area (Å²) in [6.45, 7) is 0. The SMILES string of the molecule is O=CNC(CCSCC(=O)Nc1ccccc1I)C(=O)O. The van der Waals surface area contributed by atoms with Crippen molar-refractivity contribution in [2.24, 2.45) is 0 Å². The van der Waals surface area contributed by atoms with E-state index in [4.69, 9.17) is 5.11 Å². The summed E-state index contributed by atoms with van der Waals surface area (Å²) < 4.78 is 0.953. The van der Waals surface area contributed by atoms with Gasteiger partial charge in [0.05, 0.1) is 11.4 Å². The molecule has 0 aromatic heterocycles. The third-order valence-corrected chi connectivity index (χ3v) is 4.43. The van der Waals surface area contributed by atoms with Gasteiger partial charge in [-0.05, 0) is 46.9 Å². The molecule has 8 heteroatoms. The second-order valence-corrected chi connectivity index (χ2v) is 6.31. The molecule has 0 spiro atoms. The predicted molar refractivity (Wildman–Crippen MR) is 90.4 cm³/mol. The lowest BCUT2D eigenvalue weighted by Gasteiger charge is -2.10. The first-order chi connectivity index (χ1) is 10.0. The third kappa shape index (κ3) is 6.80. The highest BCUT2D eigenvalue weighted by atomic mass is 127. The molecule has 0 radical (unpaired) electrons. The van der Waals surface area contributed by atoms with Gasteiger partial charge in [0.2, 0.25) is 12.3 Å². The number of carboxylic acids is 1. The molecule has 1 aromatic rings. The number of amides is 2. The van der Waals surface area contributed by atoms with Crippen LogP contribution in [0.2, 0.25) is 0 Å². The van der Waals surface area contributed by atoms with Gasteiger partial charge in [0.15, 0.2) is 0 Å². The molecule has 0 heterocycles. The number of carbonyl (C=O) groups is 3. The molecule has 21 heavy (non-hydrogen) atoms. The highest BCUT2D eigenvalue weighted by Gasteiger charge is 2.15. The van der Waals surface area contributed by atoms with Gasteiger partial charge >= 0.3 is 5.97 Å². The molecule has 1 rings (SSSR count). The van der Waals surface area contributed by atoms with Gasteiger partial charge in [-0.2, -0.15) is 11.8 Å². The fraction of sp³-hybridized carbons (Fsp3) is 0.308. The highest BCUT2D eigenvalue weighted by Crippen LogP contribution is 2.17. The van der Waals surface area contributed by atoms with E-state index in [-0.39, 0.29) is 18.1 Å². The number of rotatable bonds is 9. The van der Waals surface area contributed by atoms with E-state index in [1.54, 1.807) is 0 Å². The van der Waals surface area contributed by atoms with Crippen molar-refractivity contribution in [3.8, 4) is 0 Å². The fourth-order valence-corrected chi connectivity index (χ4v) is 2.80. The highest BCUT2D eigenvalue weighted by molar-refractivity contribution is 14.1. The molecule has 2 amide bonds. The van der Waals surface area contributed by atoms with Crippen molar-refractivity contribution in [1.29, 1.82) is 0 Å². The first-order valence-corrected chi connectivity index (χ1v) is 8.32. The molecule has 0 aliphatic heterocycles. The van der Waals surface area contributed by atoms with Crippen molar-refractivity contribution in [1.82, 2.24) is 5.32 Å². The molecule has 0 bridgehead atoms. The molecule has 1 unspecified atom stereocenters. The Balaban J connectivity index is 2.29. The molecule has 0 saturated heterocycles. The number of benzene rings is 1. The minimum absolute atomic E-state index is 0.140. The molecule has 0 saturated carbocycles. The van der Waals surface area contributed by atoms with Crippen LogP contribution in [-0.4, -0.2) is 40.9 Å². The van der Waals surface area contributed by atoms with Crippen molar-refractivity contribution in [3.63, 3.8) is 0 Å². The number of hydrogen-bond donors (Lipinski definition) is 3.